The maximum Gasteiger partial charge on any atom is 0.407 e. The van der Waals surface area contributed by atoms with E-state index in [0.717, 1.165) is 52.0 Å². The number of nitrogens with one attached hydrogen (secondary N) is 1. The molecule has 1 amide bonds. The Hall–Kier alpha value is -1.31. The fourth-order valence-corrected chi connectivity index (χ4v) is 7.16. The molecule has 0 aliphatic carbocycles. The highest BCUT2D eigenvalue weighted by Crippen LogP contribution is 2.36. The van der Waals surface area contributed by atoms with Gasteiger partial charge in [0.05, 0.1) is 6.61 Å². The molecule has 1 N–H and O–H groups in total. The molecular formula is C37H61BrN2O3S. The van der Waals surface area contributed by atoms with Crippen molar-refractivity contribution in [2.24, 2.45) is 0 Å². The summed E-state index contributed by atoms with van der Waals surface area (Å²) in [5.74, 6) is 0. The number of alkyl carbamates (subject to hydrolysis) is 1. The molecule has 1 aromatic carbocycles. The molecular weight excluding hydrogens is 632 g/mol. The largest absolute Gasteiger partial charge is 1.00 e. The quantitative estimate of drug-likeness (QED) is 0.0872. The zero-order valence-corrected chi connectivity index (χ0v) is 30.0. The average molecular weight is 694 g/mol. The fourth-order valence-electron chi connectivity index (χ4n) is 5.97. The van der Waals surface area contributed by atoms with Gasteiger partial charge in [-0.05, 0) is 31.4 Å². The van der Waals surface area contributed by atoms with Crippen molar-refractivity contribution in [2.75, 3.05) is 26.4 Å². The normalized spacial score (nSPS) is 15.9. The Balaban J connectivity index is 0.00000675. The van der Waals surface area contributed by atoms with E-state index in [2.05, 4.69) is 59.4 Å². The lowest BCUT2D eigenvalue weighted by molar-refractivity contribution is -0.671. The van der Waals surface area contributed by atoms with Gasteiger partial charge in [-0.3, -0.25) is 0 Å². The molecule has 5 nitrogen and oxygen atoms in total. The lowest BCUT2D eigenvalue weighted by Crippen LogP contribution is -3.00. The molecule has 0 spiro atoms. The van der Waals surface area contributed by atoms with E-state index in [0.29, 0.717) is 17.1 Å². The summed E-state index contributed by atoms with van der Waals surface area (Å²) >= 11 is 1.89. The SMILES string of the molecule is CCCCCCCCCCCCCCCCCCNC(=O)OCC1CC(COCCCC[n+]2cccc3ccccc32)S1.[Br-]. The summed E-state index contributed by atoms with van der Waals surface area (Å²) < 4.78 is 13.7. The Morgan fingerprint density at radius 2 is 1.34 bits per heavy atom. The van der Waals surface area contributed by atoms with Gasteiger partial charge in [0, 0.05) is 47.6 Å². The third-order valence-corrected chi connectivity index (χ3v) is 10.1. The van der Waals surface area contributed by atoms with E-state index in [4.69, 9.17) is 9.47 Å². The number of aryl methyl sites for hydroxylation is 1. The van der Waals surface area contributed by atoms with Crippen LogP contribution in [0.25, 0.3) is 10.9 Å². The third kappa shape index (κ3) is 17.4. The highest BCUT2D eigenvalue weighted by Gasteiger charge is 2.31. The number of para-hydroxylation sites is 1. The first kappa shape index (κ1) is 38.9. The molecule has 0 saturated carbocycles. The maximum atomic E-state index is 12.0. The average Bonchev–Trinajstić information content (AvgIpc) is 3.00. The summed E-state index contributed by atoms with van der Waals surface area (Å²) in [6.07, 6.45) is 27.0. The van der Waals surface area contributed by atoms with Crippen LogP contribution in [0.3, 0.4) is 0 Å². The molecule has 250 valence electrons. The molecule has 2 heterocycles. The molecule has 1 saturated heterocycles. The van der Waals surface area contributed by atoms with Crippen LogP contribution in [0.5, 0.6) is 0 Å². The maximum absolute atomic E-state index is 12.0. The van der Waals surface area contributed by atoms with E-state index in [1.54, 1.807) is 0 Å². The van der Waals surface area contributed by atoms with Crippen molar-refractivity contribution in [1.82, 2.24) is 5.32 Å². The zero-order chi connectivity index (χ0) is 30.2. The Bertz CT molecular complexity index is 983. The number of halogens is 1. The predicted molar refractivity (Wildman–Crippen MR) is 183 cm³/mol. The first-order valence-corrected chi connectivity index (χ1v) is 18.7. The van der Waals surface area contributed by atoms with Gasteiger partial charge in [0.1, 0.15) is 13.2 Å². The number of amides is 1. The zero-order valence-electron chi connectivity index (χ0n) is 27.6. The molecule has 1 aliphatic heterocycles. The number of pyridine rings is 1. The second-order valence-corrected chi connectivity index (χ2v) is 14.1. The monoisotopic (exact) mass is 692 g/mol. The fraction of sp³-hybridized carbons (Fsp3) is 0.730. The van der Waals surface area contributed by atoms with Crippen LogP contribution in [0.1, 0.15) is 129 Å². The molecule has 2 atom stereocenters. The number of fused-ring (bicyclic) bond motifs is 1. The Kier molecular flexibility index (Phi) is 22.8. The summed E-state index contributed by atoms with van der Waals surface area (Å²) in [5, 5.41) is 5.16. The summed E-state index contributed by atoms with van der Waals surface area (Å²) in [6.45, 7) is 6.15. The molecule has 2 aromatic rings. The van der Waals surface area contributed by atoms with Crippen molar-refractivity contribution in [3.63, 3.8) is 0 Å². The number of carbonyl (C=O) groups excluding carboxylic acids is 1. The van der Waals surface area contributed by atoms with Crippen LogP contribution in [0.15, 0.2) is 42.6 Å². The number of hydrogen-bond donors (Lipinski definition) is 1. The van der Waals surface area contributed by atoms with Crippen LogP contribution < -0.4 is 26.9 Å². The van der Waals surface area contributed by atoms with Crippen molar-refractivity contribution in [3.05, 3.63) is 42.6 Å². The van der Waals surface area contributed by atoms with Crippen molar-refractivity contribution >= 4 is 28.8 Å². The minimum Gasteiger partial charge on any atom is -1.00 e. The number of rotatable bonds is 26. The third-order valence-electron chi connectivity index (χ3n) is 8.64. The smallest absolute Gasteiger partial charge is 0.407 e. The van der Waals surface area contributed by atoms with Gasteiger partial charge < -0.3 is 31.8 Å². The summed E-state index contributed by atoms with van der Waals surface area (Å²) in [7, 11) is 0. The van der Waals surface area contributed by atoms with Gasteiger partial charge in [0.2, 0.25) is 5.52 Å². The van der Waals surface area contributed by atoms with Crippen LogP contribution in [-0.4, -0.2) is 43.0 Å². The summed E-state index contributed by atoms with van der Waals surface area (Å²) in [4.78, 5) is 12.0. The minimum atomic E-state index is -0.259. The number of nitrogens with zero attached hydrogens (tertiary/aromatic N) is 1. The van der Waals surface area contributed by atoms with Gasteiger partial charge in [0.15, 0.2) is 6.20 Å². The molecule has 1 fully saturated rings. The van der Waals surface area contributed by atoms with Crippen LogP contribution >= 0.6 is 11.8 Å². The van der Waals surface area contributed by atoms with Crippen LogP contribution in [0.2, 0.25) is 0 Å². The van der Waals surface area contributed by atoms with Crippen LogP contribution in [0.4, 0.5) is 4.79 Å². The van der Waals surface area contributed by atoms with E-state index in [9.17, 15) is 4.79 Å². The lowest BCUT2D eigenvalue weighted by Gasteiger charge is -2.34. The molecule has 3 rings (SSSR count). The van der Waals surface area contributed by atoms with Gasteiger partial charge in [-0.25, -0.2) is 4.79 Å². The Morgan fingerprint density at radius 3 is 2.00 bits per heavy atom. The molecule has 1 aromatic heterocycles. The predicted octanol–water partition coefficient (Wildman–Crippen LogP) is 6.79. The number of benzene rings is 1. The molecule has 44 heavy (non-hydrogen) atoms. The van der Waals surface area contributed by atoms with Gasteiger partial charge in [0.25, 0.3) is 0 Å². The number of aromatic nitrogens is 1. The highest BCUT2D eigenvalue weighted by molar-refractivity contribution is 8.01. The van der Waals surface area contributed by atoms with E-state index < -0.39 is 0 Å². The second kappa shape index (κ2) is 25.8. The molecule has 2 unspecified atom stereocenters. The molecule has 0 radical (unpaired) electrons. The van der Waals surface area contributed by atoms with Gasteiger partial charge in [-0.2, -0.15) is 4.57 Å². The molecule has 1 aliphatic rings. The van der Waals surface area contributed by atoms with Crippen molar-refractivity contribution in [1.29, 1.82) is 0 Å². The Labute approximate surface area is 283 Å². The topological polar surface area (TPSA) is 51.4 Å². The first-order chi connectivity index (χ1) is 21.3. The summed E-state index contributed by atoms with van der Waals surface area (Å²) in [6, 6.07) is 12.8. The van der Waals surface area contributed by atoms with E-state index >= 15 is 0 Å². The van der Waals surface area contributed by atoms with Crippen molar-refractivity contribution < 1.29 is 35.8 Å². The first-order valence-electron chi connectivity index (χ1n) is 17.8. The van der Waals surface area contributed by atoms with Gasteiger partial charge in [-0.15, -0.1) is 11.8 Å². The van der Waals surface area contributed by atoms with Crippen molar-refractivity contribution in [3.8, 4) is 0 Å². The number of unbranched alkanes of at least 4 members (excludes halogenated alkanes) is 16. The number of hydrogen-bond acceptors (Lipinski definition) is 4. The van der Waals surface area contributed by atoms with Crippen LogP contribution in [-0.2, 0) is 16.0 Å². The Morgan fingerprint density at radius 1 is 0.773 bits per heavy atom. The second-order valence-electron chi connectivity index (χ2n) is 12.5. The summed E-state index contributed by atoms with van der Waals surface area (Å²) in [5.41, 5.74) is 1.29. The van der Waals surface area contributed by atoms with Gasteiger partial charge in [-0.1, -0.05) is 115 Å². The molecule has 0 bridgehead atoms. The number of carbonyl (C=O) groups is 1. The van der Waals surface area contributed by atoms with E-state index in [-0.39, 0.29) is 23.1 Å². The minimum absolute atomic E-state index is 0. The van der Waals surface area contributed by atoms with Gasteiger partial charge >= 0.3 is 6.09 Å². The standard InChI is InChI=1S/C37H60N2O3S.BrH/c1-2-3-4-5-6-7-8-9-10-11-12-13-14-15-16-19-26-38-37(40)42-32-35-30-34(43-35)31-41-29-21-20-27-39-28-22-24-33-23-17-18-25-36(33)39;/h17-18,22-25,28,34-35H,2-16,19-21,26-27,29-32H2,1H3;1H. The van der Waals surface area contributed by atoms with Crippen LogP contribution in [0, 0.1) is 0 Å². The highest BCUT2D eigenvalue weighted by atomic mass is 79.9. The van der Waals surface area contributed by atoms with E-state index in [1.807, 2.05) is 11.8 Å². The molecule has 7 heteroatoms. The van der Waals surface area contributed by atoms with E-state index in [1.165, 1.54) is 107 Å². The lowest BCUT2D eigenvalue weighted by atomic mass is 10.0. The number of thioether (sulfide) groups is 1. The number of ether oxygens (including phenoxy) is 2. The van der Waals surface area contributed by atoms with Crippen molar-refractivity contribution in [2.45, 2.75) is 146 Å².